The van der Waals surface area contributed by atoms with E-state index in [4.69, 9.17) is 5.73 Å². The van der Waals surface area contributed by atoms with Crippen LogP contribution in [0.15, 0.2) is 18.2 Å². The molecule has 0 aliphatic carbocycles. The summed E-state index contributed by atoms with van der Waals surface area (Å²) in [5.41, 5.74) is 5.91. The molecule has 3 N–H and O–H groups in total. The fourth-order valence-corrected chi connectivity index (χ4v) is 1.11. The Morgan fingerprint density at radius 3 is 2.60 bits per heavy atom. The predicted octanol–water partition coefficient (Wildman–Crippen LogP) is 2.76. The molecule has 0 aliphatic rings. The standard InChI is InChI=1S/C12H21N3/c1-9(12(2,3)4)8-14-11-7-5-6-10(13)15-11/h5-7,9H,8H2,1-4H3,(H3,13,14,15). The lowest BCUT2D eigenvalue weighted by Crippen LogP contribution is -2.25. The average molecular weight is 207 g/mol. The van der Waals surface area contributed by atoms with E-state index < -0.39 is 0 Å². The zero-order chi connectivity index (χ0) is 11.5. The Morgan fingerprint density at radius 1 is 1.40 bits per heavy atom. The maximum Gasteiger partial charge on any atom is 0.128 e. The predicted molar refractivity (Wildman–Crippen MR) is 65.8 cm³/mol. The number of rotatable bonds is 3. The molecule has 3 nitrogen and oxygen atoms in total. The molecule has 1 aromatic rings. The molecule has 1 unspecified atom stereocenters. The molecule has 0 fully saturated rings. The van der Waals surface area contributed by atoms with Crippen molar-refractivity contribution in [1.29, 1.82) is 0 Å². The molecule has 1 aromatic heterocycles. The average Bonchev–Trinajstić information content (AvgIpc) is 2.12. The molecule has 1 atom stereocenters. The molecular formula is C12H21N3. The summed E-state index contributed by atoms with van der Waals surface area (Å²) < 4.78 is 0. The molecule has 0 radical (unpaired) electrons. The van der Waals surface area contributed by atoms with Crippen molar-refractivity contribution in [3.8, 4) is 0 Å². The summed E-state index contributed by atoms with van der Waals surface area (Å²) in [7, 11) is 0. The van der Waals surface area contributed by atoms with Gasteiger partial charge in [-0.05, 0) is 23.5 Å². The van der Waals surface area contributed by atoms with Gasteiger partial charge in [-0.2, -0.15) is 0 Å². The minimum absolute atomic E-state index is 0.313. The lowest BCUT2D eigenvalue weighted by Gasteiger charge is -2.27. The summed E-state index contributed by atoms with van der Waals surface area (Å²) in [5.74, 6) is 2.00. The van der Waals surface area contributed by atoms with E-state index in [1.54, 1.807) is 6.07 Å². The largest absolute Gasteiger partial charge is 0.384 e. The van der Waals surface area contributed by atoms with Crippen LogP contribution in [0.25, 0.3) is 0 Å². The van der Waals surface area contributed by atoms with Gasteiger partial charge in [-0.15, -0.1) is 0 Å². The highest BCUT2D eigenvalue weighted by Crippen LogP contribution is 2.25. The second-order valence-electron chi connectivity index (χ2n) is 5.10. The van der Waals surface area contributed by atoms with Crippen molar-refractivity contribution < 1.29 is 0 Å². The topological polar surface area (TPSA) is 50.9 Å². The lowest BCUT2D eigenvalue weighted by atomic mass is 9.82. The third kappa shape index (κ3) is 3.78. The highest BCUT2D eigenvalue weighted by atomic mass is 15.0. The fourth-order valence-electron chi connectivity index (χ4n) is 1.11. The molecule has 0 bridgehead atoms. The van der Waals surface area contributed by atoms with Gasteiger partial charge in [0.25, 0.3) is 0 Å². The molecular weight excluding hydrogens is 186 g/mol. The van der Waals surface area contributed by atoms with Crippen molar-refractivity contribution in [2.45, 2.75) is 27.7 Å². The monoisotopic (exact) mass is 207 g/mol. The third-order valence-electron chi connectivity index (χ3n) is 2.84. The van der Waals surface area contributed by atoms with Gasteiger partial charge in [-0.1, -0.05) is 33.8 Å². The van der Waals surface area contributed by atoms with Crippen LogP contribution in [0.3, 0.4) is 0 Å². The van der Waals surface area contributed by atoms with E-state index in [-0.39, 0.29) is 0 Å². The first kappa shape index (κ1) is 11.8. The van der Waals surface area contributed by atoms with Crippen molar-refractivity contribution in [3.05, 3.63) is 18.2 Å². The molecule has 0 saturated heterocycles. The number of nitrogens with one attached hydrogen (secondary N) is 1. The summed E-state index contributed by atoms with van der Waals surface area (Å²) in [4.78, 5) is 4.19. The first-order valence-electron chi connectivity index (χ1n) is 5.36. The first-order valence-corrected chi connectivity index (χ1v) is 5.36. The number of aromatic nitrogens is 1. The van der Waals surface area contributed by atoms with Crippen LogP contribution in [0.5, 0.6) is 0 Å². The second-order valence-corrected chi connectivity index (χ2v) is 5.10. The Morgan fingerprint density at radius 2 is 2.07 bits per heavy atom. The molecule has 0 aliphatic heterocycles. The molecule has 84 valence electrons. The molecule has 0 amide bonds. The van der Waals surface area contributed by atoms with Gasteiger partial charge >= 0.3 is 0 Å². The van der Waals surface area contributed by atoms with E-state index in [0.717, 1.165) is 12.4 Å². The molecule has 15 heavy (non-hydrogen) atoms. The molecule has 1 rings (SSSR count). The summed E-state index contributed by atoms with van der Waals surface area (Å²) in [6.07, 6.45) is 0. The van der Waals surface area contributed by atoms with Gasteiger partial charge in [0.1, 0.15) is 11.6 Å². The van der Waals surface area contributed by atoms with Crippen molar-refractivity contribution in [3.63, 3.8) is 0 Å². The van der Waals surface area contributed by atoms with Gasteiger partial charge in [0.2, 0.25) is 0 Å². The highest BCUT2D eigenvalue weighted by Gasteiger charge is 2.19. The molecule has 1 heterocycles. The SMILES string of the molecule is CC(CNc1cccc(N)n1)C(C)(C)C. The van der Waals surface area contributed by atoms with Gasteiger partial charge in [0, 0.05) is 6.54 Å². The number of nitrogens with zero attached hydrogens (tertiary/aromatic N) is 1. The number of pyridine rings is 1. The summed E-state index contributed by atoms with van der Waals surface area (Å²) in [5, 5.41) is 3.30. The second kappa shape index (κ2) is 4.51. The minimum atomic E-state index is 0.313. The van der Waals surface area contributed by atoms with E-state index in [1.165, 1.54) is 0 Å². The molecule has 3 heteroatoms. The molecule has 0 aromatic carbocycles. The van der Waals surface area contributed by atoms with Crippen LogP contribution in [-0.2, 0) is 0 Å². The normalized spacial score (nSPS) is 13.6. The third-order valence-corrected chi connectivity index (χ3v) is 2.84. The van der Waals surface area contributed by atoms with E-state index in [2.05, 4.69) is 38.0 Å². The number of hydrogen-bond donors (Lipinski definition) is 2. The Kier molecular flexibility index (Phi) is 3.56. The molecule has 0 saturated carbocycles. The quantitative estimate of drug-likeness (QED) is 0.801. The highest BCUT2D eigenvalue weighted by molar-refractivity contribution is 5.42. The van der Waals surface area contributed by atoms with Gasteiger partial charge in [-0.25, -0.2) is 4.98 Å². The van der Waals surface area contributed by atoms with E-state index >= 15 is 0 Å². The summed E-state index contributed by atoms with van der Waals surface area (Å²) >= 11 is 0. The number of hydrogen-bond acceptors (Lipinski definition) is 3. The summed E-state index contributed by atoms with van der Waals surface area (Å²) in [6, 6.07) is 5.64. The van der Waals surface area contributed by atoms with Crippen LogP contribution in [0, 0.1) is 11.3 Å². The Bertz CT molecular complexity index is 315. The number of anilines is 2. The smallest absolute Gasteiger partial charge is 0.128 e. The van der Waals surface area contributed by atoms with Gasteiger partial charge in [0.05, 0.1) is 0 Å². The minimum Gasteiger partial charge on any atom is -0.384 e. The Labute approximate surface area is 92.1 Å². The Balaban J connectivity index is 2.51. The maximum absolute atomic E-state index is 5.60. The van der Waals surface area contributed by atoms with Crippen molar-refractivity contribution in [1.82, 2.24) is 4.98 Å². The van der Waals surface area contributed by atoms with Crippen molar-refractivity contribution in [2.24, 2.45) is 11.3 Å². The first-order chi connectivity index (χ1) is 6.89. The van der Waals surface area contributed by atoms with E-state index in [0.29, 0.717) is 17.2 Å². The van der Waals surface area contributed by atoms with Crippen LogP contribution in [0.4, 0.5) is 11.6 Å². The van der Waals surface area contributed by atoms with Crippen LogP contribution < -0.4 is 11.1 Å². The van der Waals surface area contributed by atoms with Crippen LogP contribution in [-0.4, -0.2) is 11.5 Å². The fraction of sp³-hybridized carbons (Fsp3) is 0.583. The summed E-state index contributed by atoms with van der Waals surface area (Å²) in [6.45, 7) is 9.88. The van der Waals surface area contributed by atoms with E-state index in [1.807, 2.05) is 12.1 Å². The number of nitrogens with two attached hydrogens (primary N) is 1. The van der Waals surface area contributed by atoms with Crippen LogP contribution in [0.1, 0.15) is 27.7 Å². The lowest BCUT2D eigenvalue weighted by molar-refractivity contribution is 0.274. The number of nitrogen functional groups attached to an aromatic ring is 1. The molecule has 0 spiro atoms. The maximum atomic E-state index is 5.60. The van der Waals surface area contributed by atoms with Gasteiger partial charge in [0.15, 0.2) is 0 Å². The van der Waals surface area contributed by atoms with Gasteiger partial charge < -0.3 is 11.1 Å². The van der Waals surface area contributed by atoms with Crippen LogP contribution >= 0.6 is 0 Å². The van der Waals surface area contributed by atoms with Crippen molar-refractivity contribution in [2.75, 3.05) is 17.6 Å². The van der Waals surface area contributed by atoms with Crippen LogP contribution in [0.2, 0.25) is 0 Å². The van der Waals surface area contributed by atoms with Crippen molar-refractivity contribution >= 4 is 11.6 Å². The van der Waals surface area contributed by atoms with Gasteiger partial charge in [-0.3, -0.25) is 0 Å². The van der Waals surface area contributed by atoms with E-state index in [9.17, 15) is 0 Å². The Hall–Kier alpha value is -1.25. The zero-order valence-electron chi connectivity index (χ0n) is 10.0. The zero-order valence-corrected chi connectivity index (χ0v) is 10.0.